The molecule has 0 aliphatic rings. The van der Waals surface area contributed by atoms with E-state index in [0.717, 1.165) is 0 Å². The zero-order valence-electron chi connectivity index (χ0n) is 9.16. The third-order valence-electron chi connectivity index (χ3n) is 1.72. The van der Waals surface area contributed by atoms with Crippen molar-refractivity contribution in [1.82, 2.24) is 5.32 Å². The van der Waals surface area contributed by atoms with Crippen molar-refractivity contribution in [3.63, 3.8) is 0 Å². The zero-order valence-corrected chi connectivity index (χ0v) is 9.16. The second-order valence-electron chi connectivity index (χ2n) is 3.73. The molecule has 0 aliphatic carbocycles. The Labute approximate surface area is 85.0 Å². The van der Waals surface area contributed by atoms with Gasteiger partial charge in [-0.1, -0.05) is 27.7 Å². The SMILES string of the molecule is [CH2]NC(OC(=O)C(C)C)C(=O)C(C)C. The fraction of sp³-hybridized carbons (Fsp3) is 0.700. The molecule has 1 radical (unpaired) electrons. The number of carbonyl (C=O) groups excluding carboxylic acids is 2. The Morgan fingerprint density at radius 1 is 1.14 bits per heavy atom. The standard InChI is InChI=1S/C10H18NO3/c1-6(2)8(12)9(11-5)14-10(13)7(3)4/h6-7,9,11H,5H2,1-4H3. The molecule has 0 rings (SSSR count). The molecule has 0 heterocycles. The van der Waals surface area contributed by atoms with Crippen LogP contribution in [-0.4, -0.2) is 18.0 Å². The van der Waals surface area contributed by atoms with Crippen LogP contribution in [0.4, 0.5) is 0 Å². The van der Waals surface area contributed by atoms with Gasteiger partial charge in [0.2, 0.25) is 6.23 Å². The van der Waals surface area contributed by atoms with E-state index in [4.69, 9.17) is 4.74 Å². The monoisotopic (exact) mass is 200 g/mol. The molecule has 14 heavy (non-hydrogen) atoms. The molecule has 0 aliphatic heterocycles. The molecule has 1 unspecified atom stereocenters. The second-order valence-corrected chi connectivity index (χ2v) is 3.73. The average molecular weight is 200 g/mol. The van der Waals surface area contributed by atoms with Crippen molar-refractivity contribution >= 4 is 11.8 Å². The van der Waals surface area contributed by atoms with Gasteiger partial charge in [-0.15, -0.1) is 0 Å². The van der Waals surface area contributed by atoms with Crippen LogP contribution >= 0.6 is 0 Å². The maximum Gasteiger partial charge on any atom is 0.310 e. The normalized spacial score (nSPS) is 13.1. The summed E-state index contributed by atoms with van der Waals surface area (Å²) in [5.74, 6) is -1.01. The number of esters is 1. The van der Waals surface area contributed by atoms with Gasteiger partial charge >= 0.3 is 5.97 Å². The van der Waals surface area contributed by atoms with Crippen LogP contribution in [0.15, 0.2) is 0 Å². The number of carbonyl (C=O) groups is 2. The first-order valence-electron chi connectivity index (χ1n) is 4.67. The van der Waals surface area contributed by atoms with E-state index in [1.807, 2.05) is 0 Å². The maximum absolute atomic E-state index is 11.5. The summed E-state index contributed by atoms with van der Waals surface area (Å²) in [5, 5.41) is 2.43. The number of hydrogen-bond acceptors (Lipinski definition) is 4. The lowest BCUT2D eigenvalue weighted by molar-refractivity contribution is -0.160. The molecule has 1 N–H and O–H groups in total. The highest BCUT2D eigenvalue weighted by Crippen LogP contribution is 2.05. The van der Waals surface area contributed by atoms with Gasteiger partial charge in [-0.25, -0.2) is 0 Å². The number of hydrogen-bond donors (Lipinski definition) is 1. The lowest BCUT2D eigenvalue weighted by atomic mass is 10.1. The van der Waals surface area contributed by atoms with Gasteiger partial charge in [-0.2, -0.15) is 0 Å². The summed E-state index contributed by atoms with van der Waals surface area (Å²) in [6, 6.07) is 0. The average Bonchev–Trinajstić information content (AvgIpc) is 2.12. The summed E-state index contributed by atoms with van der Waals surface area (Å²) in [5.41, 5.74) is 0. The first-order chi connectivity index (χ1) is 6.40. The van der Waals surface area contributed by atoms with Crippen molar-refractivity contribution in [3.05, 3.63) is 7.05 Å². The van der Waals surface area contributed by atoms with Crippen molar-refractivity contribution < 1.29 is 14.3 Å². The molecule has 81 valence electrons. The van der Waals surface area contributed by atoms with Crippen LogP contribution in [0.3, 0.4) is 0 Å². The summed E-state index contributed by atoms with van der Waals surface area (Å²) in [6.07, 6.45) is -0.926. The van der Waals surface area contributed by atoms with Crippen LogP contribution in [0, 0.1) is 18.9 Å². The maximum atomic E-state index is 11.5. The molecule has 0 bridgehead atoms. The van der Waals surface area contributed by atoms with Gasteiger partial charge in [-0.05, 0) is 0 Å². The van der Waals surface area contributed by atoms with Crippen LogP contribution in [0.5, 0.6) is 0 Å². The van der Waals surface area contributed by atoms with E-state index < -0.39 is 12.2 Å². The fourth-order valence-corrected chi connectivity index (χ4v) is 0.755. The highest BCUT2D eigenvalue weighted by Gasteiger charge is 2.24. The Hall–Kier alpha value is -0.900. The number of rotatable bonds is 5. The van der Waals surface area contributed by atoms with Crippen LogP contribution in [0.25, 0.3) is 0 Å². The third kappa shape index (κ3) is 3.87. The van der Waals surface area contributed by atoms with E-state index in [2.05, 4.69) is 12.4 Å². The first-order valence-corrected chi connectivity index (χ1v) is 4.67. The molecule has 0 fully saturated rings. The second kappa shape index (κ2) is 5.75. The number of ketones is 1. The van der Waals surface area contributed by atoms with E-state index in [-0.39, 0.29) is 17.6 Å². The summed E-state index contributed by atoms with van der Waals surface area (Å²) in [7, 11) is 3.35. The molecule has 0 aromatic carbocycles. The van der Waals surface area contributed by atoms with Crippen molar-refractivity contribution in [2.75, 3.05) is 0 Å². The Bertz CT molecular complexity index is 211. The van der Waals surface area contributed by atoms with Gasteiger partial charge in [0.05, 0.1) is 5.92 Å². The van der Waals surface area contributed by atoms with Crippen molar-refractivity contribution in [1.29, 1.82) is 0 Å². The van der Waals surface area contributed by atoms with Gasteiger partial charge < -0.3 is 4.74 Å². The Morgan fingerprint density at radius 3 is 1.93 bits per heavy atom. The minimum atomic E-state index is -0.926. The summed E-state index contributed by atoms with van der Waals surface area (Å²) >= 11 is 0. The van der Waals surface area contributed by atoms with Crippen LogP contribution < -0.4 is 5.32 Å². The highest BCUT2D eigenvalue weighted by molar-refractivity contribution is 5.86. The van der Waals surface area contributed by atoms with E-state index in [0.29, 0.717) is 0 Å². The van der Waals surface area contributed by atoms with Crippen molar-refractivity contribution in [2.45, 2.75) is 33.9 Å². The lowest BCUT2D eigenvalue weighted by Gasteiger charge is -2.18. The van der Waals surface area contributed by atoms with E-state index in [1.165, 1.54) is 0 Å². The lowest BCUT2D eigenvalue weighted by Crippen LogP contribution is -2.40. The van der Waals surface area contributed by atoms with Gasteiger partial charge in [0, 0.05) is 13.0 Å². The minimum Gasteiger partial charge on any atom is -0.439 e. The number of nitrogens with one attached hydrogen (secondary N) is 1. The molecule has 0 amide bonds. The molecule has 4 heteroatoms. The molecule has 0 saturated heterocycles. The quantitative estimate of drug-likeness (QED) is 0.533. The Kier molecular flexibility index (Phi) is 5.38. The van der Waals surface area contributed by atoms with Crippen LogP contribution in [0.2, 0.25) is 0 Å². The fourth-order valence-electron chi connectivity index (χ4n) is 0.755. The topological polar surface area (TPSA) is 55.4 Å². The van der Waals surface area contributed by atoms with Gasteiger partial charge in [0.1, 0.15) is 0 Å². The molecular weight excluding hydrogens is 182 g/mol. The molecular formula is C10H18NO3. The van der Waals surface area contributed by atoms with Crippen molar-refractivity contribution in [2.24, 2.45) is 11.8 Å². The predicted molar refractivity (Wildman–Crippen MR) is 53.1 cm³/mol. The molecule has 0 spiro atoms. The number of ether oxygens (including phenoxy) is 1. The summed E-state index contributed by atoms with van der Waals surface area (Å²) < 4.78 is 4.92. The van der Waals surface area contributed by atoms with Crippen LogP contribution in [0.1, 0.15) is 27.7 Å². The van der Waals surface area contributed by atoms with E-state index in [1.54, 1.807) is 27.7 Å². The third-order valence-corrected chi connectivity index (χ3v) is 1.72. The Morgan fingerprint density at radius 2 is 1.64 bits per heavy atom. The minimum absolute atomic E-state index is 0.172. The largest absolute Gasteiger partial charge is 0.439 e. The number of Topliss-reactive ketones (excluding diaryl/α,β-unsaturated/α-hetero) is 1. The summed E-state index contributed by atoms with van der Waals surface area (Å²) in [4.78, 5) is 22.6. The zero-order chi connectivity index (χ0) is 11.3. The molecule has 0 aromatic heterocycles. The summed E-state index contributed by atoms with van der Waals surface area (Å²) in [6.45, 7) is 6.91. The molecule has 4 nitrogen and oxygen atoms in total. The molecule has 0 saturated carbocycles. The Balaban J connectivity index is 4.30. The van der Waals surface area contributed by atoms with Gasteiger partial charge in [-0.3, -0.25) is 14.9 Å². The smallest absolute Gasteiger partial charge is 0.310 e. The highest BCUT2D eigenvalue weighted by atomic mass is 16.6. The first kappa shape index (κ1) is 13.1. The van der Waals surface area contributed by atoms with E-state index in [9.17, 15) is 9.59 Å². The van der Waals surface area contributed by atoms with Crippen molar-refractivity contribution in [3.8, 4) is 0 Å². The predicted octanol–water partition coefficient (Wildman–Crippen LogP) is 1.12. The van der Waals surface area contributed by atoms with Gasteiger partial charge in [0.15, 0.2) is 5.78 Å². The van der Waals surface area contributed by atoms with Crippen LogP contribution in [-0.2, 0) is 14.3 Å². The van der Waals surface area contributed by atoms with Gasteiger partial charge in [0.25, 0.3) is 0 Å². The molecule has 0 aromatic rings. The van der Waals surface area contributed by atoms with E-state index >= 15 is 0 Å². The molecule has 1 atom stereocenters.